The third-order valence-electron chi connectivity index (χ3n) is 3.57. The van der Waals surface area contributed by atoms with E-state index in [0.717, 1.165) is 20.1 Å². The van der Waals surface area contributed by atoms with E-state index in [1.165, 1.54) is 23.1 Å². The summed E-state index contributed by atoms with van der Waals surface area (Å²) in [4.78, 5) is 28.5. The second-order valence-electron chi connectivity index (χ2n) is 5.57. The van der Waals surface area contributed by atoms with Crippen LogP contribution in [0.15, 0.2) is 58.9 Å². The standard InChI is InChI=1S/C19H18N2O3S2/c1-13(18(23)20-11-14-7-3-2-4-8-14)24-17(22)12-25-19-21-15-9-5-6-10-16(15)26-19/h2-10,13H,11-12H2,1H3,(H,20,23)/t13-/m0/s1. The maximum Gasteiger partial charge on any atom is 0.317 e. The molecule has 1 heterocycles. The van der Waals surface area contributed by atoms with Gasteiger partial charge in [0.2, 0.25) is 0 Å². The summed E-state index contributed by atoms with van der Waals surface area (Å²) >= 11 is 2.85. The second-order valence-corrected chi connectivity index (χ2v) is 7.82. The number of thioether (sulfide) groups is 1. The number of para-hydroxylation sites is 1. The number of ether oxygens (including phenoxy) is 1. The zero-order chi connectivity index (χ0) is 18.4. The minimum absolute atomic E-state index is 0.121. The summed E-state index contributed by atoms with van der Waals surface area (Å²) in [7, 11) is 0. The number of thiazole rings is 1. The van der Waals surface area contributed by atoms with Gasteiger partial charge in [0.1, 0.15) is 0 Å². The Morgan fingerprint density at radius 3 is 2.65 bits per heavy atom. The van der Waals surface area contributed by atoms with E-state index in [1.54, 1.807) is 6.92 Å². The van der Waals surface area contributed by atoms with Crippen LogP contribution in [-0.4, -0.2) is 28.7 Å². The molecule has 0 bridgehead atoms. The van der Waals surface area contributed by atoms with Gasteiger partial charge in [-0.15, -0.1) is 11.3 Å². The molecular weight excluding hydrogens is 368 g/mol. The number of rotatable bonds is 7. The van der Waals surface area contributed by atoms with Crippen LogP contribution in [0.5, 0.6) is 0 Å². The maximum absolute atomic E-state index is 12.0. The molecular formula is C19H18N2O3S2. The molecule has 1 aromatic heterocycles. The second kappa shape index (κ2) is 8.82. The van der Waals surface area contributed by atoms with E-state index in [9.17, 15) is 9.59 Å². The molecule has 0 saturated heterocycles. The van der Waals surface area contributed by atoms with E-state index in [4.69, 9.17) is 4.74 Å². The van der Waals surface area contributed by atoms with Gasteiger partial charge in [-0.1, -0.05) is 54.2 Å². The molecule has 0 spiro atoms. The first-order valence-corrected chi connectivity index (χ1v) is 9.91. The van der Waals surface area contributed by atoms with E-state index in [-0.39, 0.29) is 11.7 Å². The molecule has 1 amide bonds. The molecule has 7 heteroatoms. The first kappa shape index (κ1) is 18.4. The number of nitrogens with one attached hydrogen (secondary N) is 1. The number of hydrogen-bond donors (Lipinski definition) is 1. The Hall–Kier alpha value is -2.38. The van der Waals surface area contributed by atoms with Crippen LogP contribution in [-0.2, 0) is 20.9 Å². The highest BCUT2D eigenvalue weighted by atomic mass is 32.2. The molecule has 5 nitrogen and oxygen atoms in total. The largest absolute Gasteiger partial charge is 0.452 e. The fraction of sp³-hybridized carbons (Fsp3) is 0.211. The molecule has 0 radical (unpaired) electrons. The number of fused-ring (bicyclic) bond motifs is 1. The minimum atomic E-state index is -0.831. The van der Waals surface area contributed by atoms with Gasteiger partial charge in [0.15, 0.2) is 10.4 Å². The van der Waals surface area contributed by atoms with Crippen molar-refractivity contribution in [1.29, 1.82) is 0 Å². The van der Waals surface area contributed by atoms with Gasteiger partial charge in [0.25, 0.3) is 5.91 Å². The number of amides is 1. The van der Waals surface area contributed by atoms with Gasteiger partial charge in [-0.3, -0.25) is 9.59 Å². The third kappa shape index (κ3) is 5.06. The zero-order valence-corrected chi connectivity index (χ0v) is 15.8. The molecule has 2 aromatic carbocycles. The highest BCUT2D eigenvalue weighted by Gasteiger charge is 2.18. The number of aromatic nitrogens is 1. The summed E-state index contributed by atoms with van der Waals surface area (Å²) in [6.07, 6.45) is -0.831. The van der Waals surface area contributed by atoms with Crippen molar-refractivity contribution in [1.82, 2.24) is 10.3 Å². The number of benzene rings is 2. The van der Waals surface area contributed by atoms with Crippen molar-refractivity contribution in [2.24, 2.45) is 0 Å². The summed E-state index contributed by atoms with van der Waals surface area (Å²) < 4.78 is 7.09. The Kier molecular flexibility index (Phi) is 6.25. The Balaban J connectivity index is 1.44. The molecule has 3 aromatic rings. The van der Waals surface area contributed by atoms with Gasteiger partial charge >= 0.3 is 5.97 Å². The summed E-state index contributed by atoms with van der Waals surface area (Å²) in [5, 5.41) is 2.76. The van der Waals surface area contributed by atoms with Crippen LogP contribution in [0.1, 0.15) is 12.5 Å². The van der Waals surface area contributed by atoms with Gasteiger partial charge in [0.05, 0.1) is 16.0 Å². The lowest BCUT2D eigenvalue weighted by molar-refractivity contribution is -0.152. The SMILES string of the molecule is C[C@H](OC(=O)CSc1nc2ccccc2s1)C(=O)NCc1ccccc1. The number of carbonyl (C=O) groups is 2. The average Bonchev–Trinajstić information content (AvgIpc) is 3.08. The Labute approximate surface area is 159 Å². The molecule has 0 saturated carbocycles. The number of esters is 1. The van der Waals surface area contributed by atoms with E-state index in [1.807, 2.05) is 54.6 Å². The normalized spacial score (nSPS) is 11.9. The van der Waals surface area contributed by atoms with Gasteiger partial charge in [-0.05, 0) is 24.6 Å². The van der Waals surface area contributed by atoms with Crippen molar-refractivity contribution in [3.05, 3.63) is 60.2 Å². The van der Waals surface area contributed by atoms with E-state index >= 15 is 0 Å². The summed E-state index contributed by atoms with van der Waals surface area (Å²) in [5.74, 6) is -0.625. The zero-order valence-electron chi connectivity index (χ0n) is 14.2. The Morgan fingerprint density at radius 1 is 1.15 bits per heavy atom. The molecule has 1 N–H and O–H groups in total. The van der Waals surface area contributed by atoms with E-state index in [2.05, 4.69) is 10.3 Å². The van der Waals surface area contributed by atoms with Crippen molar-refractivity contribution in [3.63, 3.8) is 0 Å². The van der Waals surface area contributed by atoms with Crippen LogP contribution in [0, 0.1) is 0 Å². The van der Waals surface area contributed by atoms with Crippen LogP contribution in [0.4, 0.5) is 0 Å². The lowest BCUT2D eigenvalue weighted by Gasteiger charge is -2.13. The highest BCUT2D eigenvalue weighted by molar-refractivity contribution is 8.01. The molecule has 0 fully saturated rings. The van der Waals surface area contributed by atoms with Crippen molar-refractivity contribution >= 4 is 45.2 Å². The summed E-state index contributed by atoms with van der Waals surface area (Å²) in [5.41, 5.74) is 1.91. The summed E-state index contributed by atoms with van der Waals surface area (Å²) in [6.45, 7) is 1.97. The summed E-state index contributed by atoms with van der Waals surface area (Å²) in [6, 6.07) is 17.4. The van der Waals surface area contributed by atoms with E-state index < -0.39 is 12.1 Å². The molecule has 1 atom stereocenters. The average molecular weight is 386 g/mol. The first-order valence-electron chi connectivity index (χ1n) is 8.11. The first-order chi connectivity index (χ1) is 12.6. The lowest BCUT2D eigenvalue weighted by Crippen LogP contribution is -2.35. The Bertz CT molecular complexity index is 863. The predicted octanol–water partition coefficient (Wildman–Crippen LogP) is 3.64. The van der Waals surface area contributed by atoms with Crippen LogP contribution in [0.25, 0.3) is 10.2 Å². The minimum Gasteiger partial charge on any atom is -0.452 e. The molecule has 0 aliphatic heterocycles. The fourth-order valence-electron chi connectivity index (χ4n) is 2.25. The van der Waals surface area contributed by atoms with Gasteiger partial charge in [0, 0.05) is 6.54 Å². The van der Waals surface area contributed by atoms with Crippen LogP contribution in [0.2, 0.25) is 0 Å². The fourth-order valence-corrected chi connectivity index (χ4v) is 4.10. The monoisotopic (exact) mass is 386 g/mol. The lowest BCUT2D eigenvalue weighted by atomic mass is 10.2. The number of nitrogens with zero attached hydrogens (tertiary/aromatic N) is 1. The molecule has 3 rings (SSSR count). The smallest absolute Gasteiger partial charge is 0.317 e. The van der Waals surface area contributed by atoms with Crippen molar-refractivity contribution in [3.8, 4) is 0 Å². The number of carbonyl (C=O) groups excluding carboxylic acids is 2. The topological polar surface area (TPSA) is 68.3 Å². The van der Waals surface area contributed by atoms with Crippen LogP contribution < -0.4 is 5.32 Å². The predicted molar refractivity (Wildman–Crippen MR) is 104 cm³/mol. The Morgan fingerprint density at radius 2 is 1.88 bits per heavy atom. The quantitative estimate of drug-likeness (QED) is 0.496. The van der Waals surface area contributed by atoms with Crippen molar-refractivity contribution in [2.45, 2.75) is 23.9 Å². The van der Waals surface area contributed by atoms with Crippen LogP contribution in [0.3, 0.4) is 0 Å². The van der Waals surface area contributed by atoms with Crippen LogP contribution >= 0.6 is 23.1 Å². The van der Waals surface area contributed by atoms with Crippen molar-refractivity contribution in [2.75, 3.05) is 5.75 Å². The molecule has 134 valence electrons. The molecule has 0 aliphatic carbocycles. The van der Waals surface area contributed by atoms with E-state index in [0.29, 0.717) is 6.54 Å². The van der Waals surface area contributed by atoms with Crippen molar-refractivity contribution < 1.29 is 14.3 Å². The third-order valence-corrected chi connectivity index (χ3v) is 5.73. The number of hydrogen-bond acceptors (Lipinski definition) is 6. The molecule has 26 heavy (non-hydrogen) atoms. The van der Waals surface area contributed by atoms with Gasteiger partial charge in [-0.2, -0.15) is 0 Å². The van der Waals surface area contributed by atoms with Gasteiger partial charge in [-0.25, -0.2) is 4.98 Å². The molecule has 0 unspecified atom stereocenters. The maximum atomic E-state index is 12.0. The molecule has 0 aliphatic rings. The highest BCUT2D eigenvalue weighted by Crippen LogP contribution is 2.29. The van der Waals surface area contributed by atoms with Gasteiger partial charge < -0.3 is 10.1 Å².